The molecule has 84 valence electrons. The molecule has 2 aliphatic heterocycles. The van der Waals surface area contributed by atoms with E-state index in [4.69, 9.17) is 9.47 Å². The molecule has 0 aromatic heterocycles. The molecular weight excluding hydrogens is 194 g/mol. The largest absolute Gasteiger partial charge is 0.355 e. The summed E-state index contributed by atoms with van der Waals surface area (Å²) in [6.45, 7) is 2.07. The minimum atomic E-state index is -0.586. The molecule has 0 bridgehead atoms. The van der Waals surface area contributed by atoms with Gasteiger partial charge in [-0.05, 0) is 25.7 Å². The van der Waals surface area contributed by atoms with Crippen molar-refractivity contribution in [3.05, 3.63) is 0 Å². The smallest absolute Gasteiger partial charge is 0.231 e. The first-order valence-corrected chi connectivity index (χ1v) is 5.85. The predicted molar refractivity (Wildman–Crippen MR) is 53.2 cm³/mol. The lowest BCUT2D eigenvalue weighted by molar-refractivity contribution is -0.224. The zero-order valence-corrected chi connectivity index (χ0v) is 8.88. The van der Waals surface area contributed by atoms with Crippen LogP contribution in [0.5, 0.6) is 0 Å². The third-order valence-corrected chi connectivity index (χ3v) is 4.09. The fraction of sp³-hybridized carbons (Fsp3) is 0.909. The number of hydrogen-bond acceptors (Lipinski definition) is 3. The molecule has 15 heavy (non-hydrogen) atoms. The number of piperidine rings is 1. The van der Waals surface area contributed by atoms with Crippen molar-refractivity contribution in [1.82, 2.24) is 5.32 Å². The van der Waals surface area contributed by atoms with Crippen molar-refractivity contribution in [2.24, 2.45) is 5.41 Å². The number of rotatable bonds is 0. The molecule has 1 aliphatic carbocycles. The lowest BCUT2D eigenvalue weighted by Crippen LogP contribution is -2.57. The Labute approximate surface area is 89.3 Å². The minimum Gasteiger partial charge on any atom is -0.355 e. The number of nitrogens with one attached hydrogen (secondary N) is 1. The molecule has 1 saturated carbocycles. The highest BCUT2D eigenvalue weighted by Gasteiger charge is 2.63. The Morgan fingerprint density at radius 3 is 2.53 bits per heavy atom. The van der Waals surface area contributed by atoms with E-state index in [0.29, 0.717) is 13.2 Å². The van der Waals surface area contributed by atoms with Crippen LogP contribution in [0.2, 0.25) is 0 Å². The van der Waals surface area contributed by atoms with Crippen LogP contribution in [0.1, 0.15) is 32.1 Å². The highest BCUT2D eigenvalue weighted by Crippen LogP contribution is 2.55. The first-order chi connectivity index (χ1) is 7.29. The lowest BCUT2D eigenvalue weighted by Gasteiger charge is -2.42. The van der Waals surface area contributed by atoms with E-state index >= 15 is 0 Å². The average Bonchev–Trinajstić information content (AvgIpc) is 2.83. The normalized spacial score (nSPS) is 38.8. The fourth-order valence-electron chi connectivity index (χ4n) is 3.40. The summed E-state index contributed by atoms with van der Waals surface area (Å²) < 4.78 is 11.6. The molecule has 2 saturated heterocycles. The predicted octanol–water partition coefficient (Wildman–Crippen LogP) is 0.810. The molecule has 2 spiro atoms. The number of carbonyl (C=O) groups excluding carboxylic acids is 1. The van der Waals surface area contributed by atoms with Crippen molar-refractivity contribution in [2.45, 2.75) is 37.9 Å². The third-order valence-electron chi connectivity index (χ3n) is 4.09. The van der Waals surface area contributed by atoms with Gasteiger partial charge in [0.25, 0.3) is 0 Å². The summed E-state index contributed by atoms with van der Waals surface area (Å²) in [5.41, 5.74) is -0.387. The monoisotopic (exact) mass is 211 g/mol. The second kappa shape index (κ2) is 3.19. The summed E-state index contributed by atoms with van der Waals surface area (Å²) in [5.74, 6) is -0.439. The molecule has 3 rings (SSSR count). The Morgan fingerprint density at radius 2 is 1.80 bits per heavy atom. The molecular formula is C11H17NO3. The van der Waals surface area contributed by atoms with Gasteiger partial charge in [0.2, 0.25) is 5.91 Å². The Bertz CT molecular complexity index is 280. The van der Waals surface area contributed by atoms with Crippen LogP contribution in [-0.2, 0) is 14.3 Å². The molecule has 0 aromatic carbocycles. The van der Waals surface area contributed by atoms with Gasteiger partial charge in [-0.2, -0.15) is 0 Å². The van der Waals surface area contributed by atoms with Crippen LogP contribution in [0.3, 0.4) is 0 Å². The number of ether oxygens (including phenoxy) is 2. The molecule has 0 unspecified atom stereocenters. The van der Waals surface area contributed by atoms with Crippen LogP contribution in [0.25, 0.3) is 0 Å². The van der Waals surface area contributed by atoms with Gasteiger partial charge in [-0.25, -0.2) is 0 Å². The number of hydrogen-bond donors (Lipinski definition) is 1. The van der Waals surface area contributed by atoms with E-state index < -0.39 is 5.79 Å². The molecule has 4 heteroatoms. The maximum absolute atomic E-state index is 12.1. The quantitative estimate of drug-likeness (QED) is 0.645. The molecule has 0 aromatic rings. The van der Waals surface area contributed by atoms with Gasteiger partial charge < -0.3 is 14.8 Å². The van der Waals surface area contributed by atoms with Crippen molar-refractivity contribution >= 4 is 5.91 Å². The van der Waals surface area contributed by atoms with E-state index in [2.05, 4.69) is 5.32 Å². The molecule has 1 atom stereocenters. The van der Waals surface area contributed by atoms with Crippen LogP contribution in [0.4, 0.5) is 0 Å². The zero-order chi connectivity index (χ0) is 10.4. The van der Waals surface area contributed by atoms with E-state index in [1.54, 1.807) is 0 Å². The fourth-order valence-corrected chi connectivity index (χ4v) is 3.40. The first kappa shape index (κ1) is 9.60. The Hall–Kier alpha value is -0.610. The second-order valence-corrected chi connectivity index (χ2v) is 4.74. The second-order valence-electron chi connectivity index (χ2n) is 4.74. The highest BCUT2D eigenvalue weighted by atomic mass is 16.7. The molecule has 1 N–H and O–H groups in total. The molecule has 3 aliphatic rings. The van der Waals surface area contributed by atoms with E-state index in [9.17, 15) is 4.79 Å². The van der Waals surface area contributed by atoms with Crippen LogP contribution in [0.15, 0.2) is 0 Å². The molecule has 0 radical (unpaired) electrons. The average molecular weight is 211 g/mol. The number of amides is 1. The van der Waals surface area contributed by atoms with Crippen molar-refractivity contribution < 1.29 is 14.3 Å². The van der Waals surface area contributed by atoms with E-state index in [1.807, 2.05) is 0 Å². The first-order valence-electron chi connectivity index (χ1n) is 5.85. The van der Waals surface area contributed by atoms with Gasteiger partial charge in [0, 0.05) is 13.0 Å². The van der Waals surface area contributed by atoms with E-state index in [0.717, 1.165) is 38.6 Å². The summed E-state index contributed by atoms with van der Waals surface area (Å²) in [5, 5.41) is 2.97. The summed E-state index contributed by atoms with van der Waals surface area (Å²) in [6, 6.07) is 0. The van der Waals surface area contributed by atoms with E-state index in [-0.39, 0.29) is 11.3 Å². The SMILES string of the molecule is O=C1NCCC[C@@]12CCCC21OCCO1. The van der Waals surface area contributed by atoms with Gasteiger partial charge in [-0.1, -0.05) is 0 Å². The summed E-state index contributed by atoms with van der Waals surface area (Å²) in [4.78, 5) is 12.1. The number of fused-ring (bicyclic) bond motifs is 1. The Morgan fingerprint density at radius 1 is 1.07 bits per heavy atom. The van der Waals surface area contributed by atoms with Crippen LogP contribution in [0, 0.1) is 5.41 Å². The topological polar surface area (TPSA) is 47.6 Å². The van der Waals surface area contributed by atoms with Crippen molar-refractivity contribution in [1.29, 1.82) is 0 Å². The van der Waals surface area contributed by atoms with E-state index in [1.165, 1.54) is 0 Å². The van der Waals surface area contributed by atoms with Crippen molar-refractivity contribution in [2.75, 3.05) is 19.8 Å². The highest BCUT2D eigenvalue weighted by molar-refractivity contribution is 5.85. The third kappa shape index (κ3) is 1.12. The summed E-state index contributed by atoms with van der Waals surface area (Å²) >= 11 is 0. The lowest BCUT2D eigenvalue weighted by atomic mass is 9.74. The zero-order valence-electron chi connectivity index (χ0n) is 8.88. The van der Waals surface area contributed by atoms with Crippen LogP contribution < -0.4 is 5.32 Å². The molecule has 3 fully saturated rings. The van der Waals surface area contributed by atoms with Gasteiger partial charge in [0.15, 0.2) is 5.79 Å². The standard InChI is InChI=1S/C11H17NO3/c13-9-10(4-2-6-12-9)3-1-5-11(10)14-7-8-15-11/h1-8H2,(H,12,13)/t10-/m0/s1. The van der Waals surface area contributed by atoms with Gasteiger partial charge >= 0.3 is 0 Å². The van der Waals surface area contributed by atoms with Gasteiger partial charge in [0.1, 0.15) is 5.41 Å². The number of carbonyl (C=O) groups is 1. The minimum absolute atomic E-state index is 0.146. The van der Waals surface area contributed by atoms with Crippen molar-refractivity contribution in [3.63, 3.8) is 0 Å². The van der Waals surface area contributed by atoms with Crippen molar-refractivity contribution in [3.8, 4) is 0 Å². The summed E-state index contributed by atoms with van der Waals surface area (Å²) in [7, 11) is 0. The van der Waals surface area contributed by atoms with Gasteiger partial charge in [-0.3, -0.25) is 4.79 Å². The van der Waals surface area contributed by atoms with Crippen LogP contribution >= 0.6 is 0 Å². The molecule has 2 heterocycles. The Kier molecular flexibility index (Phi) is 2.04. The summed E-state index contributed by atoms with van der Waals surface area (Å²) in [6.07, 6.45) is 4.78. The maximum Gasteiger partial charge on any atom is 0.231 e. The maximum atomic E-state index is 12.1. The molecule has 4 nitrogen and oxygen atoms in total. The Balaban J connectivity index is 1.97. The molecule has 1 amide bonds. The van der Waals surface area contributed by atoms with Crippen LogP contribution in [-0.4, -0.2) is 31.5 Å². The van der Waals surface area contributed by atoms with Gasteiger partial charge in [-0.15, -0.1) is 0 Å². The van der Waals surface area contributed by atoms with Gasteiger partial charge in [0.05, 0.1) is 13.2 Å².